The molecule has 7 nitrogen and oxygen atoms in total. The number of rotatable bonds is 7. The maximum absolute atomic E-state index is 12.6. The van der Waals surface area contributed by atoms with Gasteiger partial charge in [-0.25, -0.2) is 4.79 Å². The van der Waals surface area contributed by atoms with Crippen LogP contribution in [0.1, 0.15) is 44.2 Å². The van der Waals surface area contributed by atoms with Crippen LogP contribution in [0.2, 0.25) is 0 Å². The molecule has 2 aromatic rings. The van der Waals surface area contributed by atoms with Gasteiger partial charge >= 0.3 is 6.03 Å². The lowest BCUT2D eigenvalue weighted by atomic mass is 10.2. The first-order valence-electron chi connectivity index (χ1n) is 10.7. The number of hydrogen-bond donors (Lipinski definition) is 1. The molecule has 0 unspecified atom stereocenters. The van der Waals surface area contributed by atoms with Crippen LogP contribution in [0, 0.1) is 0 Å². The average molecular weight is 398 g/mol. The van der Waals surface area contributed by atoms with E-state index in [2.05, 4.69) is 28.3 Å². The highest BCUT2D eigenvalue weighted by Crippen LogP contribution is 2.40. The van der Waals surface area contributed by atoms with Crippen LogP contribution in [0.15, 0.2) is 30.3 Å². The molecule has 2 amide bonds. The largest absolute Gasteiger partial charge is 0.494 e. The second-order valence-corrected chi connectivity index (χ2v) is 7.96. The molecule has 2 fully saturated rings. The summed E-state index contributed by atoms with van der Waals surface area (Å²) in [4.78, 5) is 16.8. The number of urea groups is 1. The number of aryl methyl sites for hydroxylation is 1. The Labute approximate surface area is 172 Å². The van der Waals surface area contributed by atoms with E-state index in [1.807, 2.05) is 40.9 Å². The number of carbonyl (C=O) groups is 1. The summed E-state index contributed by atoms with van der Waals surface area (Å²) in [5.41, 5.74) is 2.01. The minimum Gasteiger partial charge on any atom is -0.494 e. The third kappa shape index (κ3) is 4.83. The SMILES string of the molecule is CCCCOc1ccc(NC(=O)N2CCN(c3cc(C4CC4)nn3C)CC2)cc1. The molecule has 0 spiro atoms. The van der Waals surface area contributed by atoms with Crippen LogP contribution in [-0.4, -0.2) is 53.5 Å². The van der Waals surface area contributed by atoms with Crippen LogP contribution < -0.4 is 15.0 Å². The Balaban J connectivity index is 1.26. The molecule has 2 heterocycles. The molecular formula is C22H31N5O2. The van der Waals surface area contributed by atoms with Crippen LogP contribution >= 0.6 is 0 Å². The fourth-order valence-corrected chi connectivity index (χ4v) is 3.66. The zero-order valence-corrected chi connectivity index (χ0v) is 17.4. The zero-order chi connectivity index (χ0) is 20.2. The van der Waals surface area contributed by atoms with Crippen molar-refractivity contribution >= 4 is 17.5 Å². The van der Waals surface area contributed by atoms with Gasteiger partial charge in [0.15, 0.2) is 0 Å². The van der Waals surface area contributed by atoms with Crippen molar-refractivity contribution in [2.75, 3.05) is 43.0 Å². The summed E-state index contributed by atoms with van der Waals surface area (Å²) in [5, 5.41) is 7.65. The summed E-state index contributed by atoms with van der Waals surface area (Å²) in [6.45, 7) is 5.92. The molecule has 0 bridgehead atoms. The van der Waals surface area contributed by atoms with Crippen molar-refractivity contribution in [1.82, 2.24) is 14.7 Å². The third-order valence-corrected chi connectivity index (χ3v) is 5.63. The summed E-state index contributed by atoms with van der Waals surface area (Å²) in [7, 11) is 2.01. The minimum atomic E-state index is -0.0482. The van der Waals surface area contributed by atoms with Crippen molar-refractivity contribution in [2.24, 2.45) is 7.05 Å². The Morgan fingerprint density at radius 1 is 1.17 bits per heavy atom. The van der Waals surface area contributed by atoms with E-state index in [-0.39, 0.29) is 6.03 Å². The van der Waals surface area contributed by atoms with Gasteiger partial charge in [-0.3, -0.25) is 4.68 Å². The Bertz CT molecular complexity index is 820. The molecule has 1 aromatic carbocycles. The number of carbonyl (C=O) groups excluding carboxylic acids is 1. The summed E-state index contributed by atoms with van der Waals surface area (Å²) in [5.74, 6) is 2.66. The zero-order valence-electron chi connectivity index (χ0n) is 17.4. The number of nitrogens with zero attached hydrogens (tertiary/aromatic N) is 4. The standard InChI is InChI=1S/C22H31N5O2/c1-3-4-15-29-19-9-7-18(8-10-19)23-22(28)27-13-11-26(12-14-27)21-16-20(17-5-6-17)24-25(21)2/h7-10,16-17H,3-6,11-15H2,1-2H3,(H,23,28). The highest BCUT2D eigenvalue weighted by atomic mass is 16.5. The minimum absolute atomic E-state index is 0.0482. The second kappa shape index (κ2) is 8.76. The van der Waals surface area contributed by atoms with Crippen LogP contribution in [0.4, 0.5) is 16.3 Å². The van der Waals surface area contributed by atoms with Gasteiger partial charge in [-0.1, -0.05) is 13.3 Å². The maximum Gasteiger partial charge on any atom is 0.321 e. The number of benzene rings is 1. The highest BCUT2D eigenvalue weighted by molar-refractivity contribution is 5.89. The third-order valence-electron chi connectivity index (χ3n) is 5.63. The van der Waals surface area contributed by atoms with Crippen molar-refractivity contribution in [3.63, 3.8) is 0 Å². The van der Waals surface area contributed by atoms with Crippen molar-refractivity contribution < 1.29 is 9.53 Å². The molecule has 1 saturated heterocycles. The van der Waals surface area contributed by atoms with E-state index in [4.69, 9.17) is 4.74 Å². The van der Waals surface area contributed by atoms with E-state index in [0.717, 1.165) is 49.8 Å². The predicted molar refractivity (Wildman–Crippen MR) is 115 cm³/mol. The van der Waals surface area contributed by atoms with Gasteiger partial charge in [-0.15, -0.1) is 0 Å². The average Bonchev–Trinajstić information content (AvgIpc) is 3.52. The van der Waals surface area contributed by atoms with Gasteiger partial charge in [0.05, 0.1) is 12.3 Å². The Hall–Kier alpha value is -2.70. The first-order valence-corrected chi connectivity index (χ1v) is 10.7. The van der Waals surface area contributed by atoms with Crippen LogP contribution in [-0.2, 0) is 7.05 Å². The van der Waals surface area contributed by atoms with Crippen LogP contribution in [0.5, 0.6) is 5.75 Å². The van der Waals surface area contributed by atoms with Crippen LogP contribution in [0.25, 0.3) is 0 Å². The number of piperazine rings is 1. The van der Waals surface area contributed by atoms with E-state index in [9.17, 15) is 4.79 Å². The molecule has 0 atom stereocenters. The lowest BCUT2D eigenvalue weighted by Crippen LogP contribution is -2.50. The lowest BCUT2D eigenvalue weighted by molar-refractivity contribution is 0.208. The molecule has 1 aromatic heterocycles. The number of aromatic nitrogens is 2. The van der Waals surface area contributed by atoms with Crippen molar-refractivity contribution in [3.05, 3.63) is 36.0 Å². The quantitative estimate of drug-likeness (QED) is 0.721. The molecule has 0 radical (unpaired) electrons. The van der Waals surface area contributed by atoms with E-state index in [1.165, 1.54) is 18.5 Å². The molecule has 1 aliphatic carbocycles. The van der Waals surface area contributed by atoms with Crippen molar-refractivity contribution in [3.8, 4) is 5.75 Å². The molecule has 7 heteroatoms. The molecule has 4 rings (SSSR count). The molecule has 1 saturated carbocycles. The summed E-state index contributed by atoms with van der Waals surface area (Å²) in [6, 6.07) is 9.77. The van der Waals surface area contributed by atoms with Gasteiger partial charge in [0, 0.05) is 50.9 Å². The number of nitrogens with one attached hydrogen (secondary N) is 1. The molecule has 1 N–H and O–H groups in total. The van der Waals surface area contributed by atoms with Gasteiger partial charge in [0.25, 0.3) is 0 Å². The fourth-order valence-electron chi connectivity index (χ4n) is 3.66. The summed E-state index contributed by atoms with van der Waals surface area (Å²) < 4.78 is 7.65. The highest BCUT2D eigenvalue weighted by Gasteiger charge is 2.29. The maximum atomic E-state index is 12.6. The first kappa shape index (κ1) is 19.6. The smallest absolute Gasteiger partial charge is 0.321 e. The Kier molecular flexibility index (Phi) is 5.92. The van der Waals surface area contributed by atoms with E-state index < -0.39 is 0 Å². The summed E-state index contributed by atoms with van der Waals surface area (Å²) in [6.07, 6.45) is 4.68. The lowest BCUT2D eigenvalue weighted by Gasteiger charge is -2.35. The second-order valence-electron chi connectivity index (χ2n) is 7.96. The van der Waals surface area contributed by atoms with Gasteiger partial charge in [0.2, 0.25) is 0 Å². The predicted octanol–water partition coefficient (Wildman–Crippen LogP) is 3.83. The number of ether oxygens (including phenoxy) is 1. The van der Waals surface area contributed by atoms with Gasteiger partial charge in [0.1, 0.15) is 11.6 Å². The number of anilines is 2. The monoisotopic (exact) mass is 397 g/mol. The van der Waals surface area contributed by atoms with Gasteiger partial charge in [-0.2, -0.15) is 5.10 Å². The molecular weight excluding hydrogens is 366 g/mol. The molecule has 29 heavy (non-hydrogen) atoms. The van der Waals surface area contributed by atoms with Gasteiger partial charge in [-0.05, 0) is 43.5 Å². The van der Waals surface area contributed by atoms with E-state index in [1.54, 1.807) is 0 Å². The molecule has 1 aliphatic heterocycles. The normalized spacial score (nSPS) is 16.8. The number of amides is 2. The Morgan fingerprint density at radius 2 is 1.90 bits per heavy atom. The van der Waals surface area contributed by atoms with Crippen LogP contribution in [0.3, 0.4) is 0 Å². The van der Waals surface area contributed by atoms with Crippen molar-refractivity contribution in [2.45, 2.75) is 38.5 Å². The summed E-state index contributed by atoms with van der Waals surface area (Å²) >= 11 is 0. The van der Waals surface area contributed by atoms with E-state index in [0.29, 0.717) is 19.0 Å². The van der Waals surface area contributed by atoms with E-state index >= 15 is 0 Å². The first-order chi connectivity index (χ1) is 14.1. The fraction of sp³-hybridized carbons (Fsp3) is 0.545. The molecule has 156 valence electrons. The number of unbranched alkanes of at least 4 members (excludes halogenated alkanes) is 1. The topological polar surface area (TPSA) is 62.6 Å². The number of hydrogen-bond acceptors (Lipinski definition) is 4. The van der Waals surface area contributed by atoms with Gasteiger partial charge < -0.3 is 19.9 Å². The Morgan fingerprint density at radius 3 is 2.55 bits per heavy atom. The molecule has 2 aliphatic rings. The van der Waals surface area contributed by atoms with Crippen molar-refractivity contribution in [1.29, 1.82) is 0 Å².